The van der Waals surface area contributed by atoms with E-state index < -0.39 is 21.9 Å². The van der Waals surface area contributed by atoms with Crippen molar-refractivity contribution >= 4 is 44.9 Å². The minimum atomic E-state index is -3.80. The summed E-state index contributed by atoms with van der Waals surface area (Å²) in [6.07, 6.45) is 0. The maximum absolute atomic E-state index is 12.5. The molecule has 0 spiro atoms. The smallest absolute Gasteiger partial charge is 0.335 e. The number of hydrogen-bond acceptors (Lipinski definition) is 4. The quantitative estimate of drug-likeness (QED) is 0.521. The van der Waals surface area contributed by atoms with Crippen LogP contribution < -0.4 is 10.0 Å². The molecular weight excluding hydrogens is 428 g/mol. The maximum atomic E-state index is 12.5. The largest absolute Gasteiger partial charge is 0.478 e. The summed E-state index contributed by atoms with van der Waals surface area (Å²) < 4.78 is 27.4. The zero-order valence-electron chi connectivity index (χ0n) is 15.7. The fraction of sp³-hybridized carbons (Fsp3) is 0.0476. The number of carbonyl (C=O) groups is 2. The highest BCUT2D eigenvalue weighted by Gasteiger charge is 2.16. The molecule has 0 atom stereocenters. The third kappa shape index (κ3) is 4.97. The van der Waals surface area contributed by atoms with Crippen molar-refractivity contribution < 1.29 is 23.1 Å². The molecule has 0 aromatic heterocycles. The van der Waals surface area contributed by atoms with Crippen LogP contribution in [0.15, 0.2) is 71.6 Å². The fourth-order valence-corrected chi connectivity index (χ4v) is 3.90. The van der Waals surface area contributed by atoms with E-state index >= 15 is 0 Å². The summed E-state index contributed by atoms with van der Waals surface area (Å²) in [5.74, 6) is -1.59. The Hall–Kier alpha value is -3.36. The number of anilines is 2. The third-order valence-electron chi connectivity index (χ3n) is 4.19. The molecule has 0 radical (unpaired) electrons. The van der Waals surface area contributed by atoms with Gasteiger partial charge >= 0.3 is 5.97 Å². The van der Waals surface area contributed by atoms with Gasteiger partial charge in [-0.3, -0.25) is 9.52 Å². The zero-order chi connectivity index (χ0) is 21.9. The second-order valence-corrected chi connectivity index (χ2v) is 8.54. The highest BCUT2D eigenvalue weighted by Crippen LogP contribution is 2.24. The lowest BCUT2D eigenvalue weighted by Gasteiger charge is -2.11. The number of carboxylic acids is 1. The molecule has 154 valence electrons. The van der Waals surface area contributed by atoms with E-state index in [1.54, 1.807) is 12.1 Å². The van der Waals surface area contributed by atoms with Gasteiger partial charge in [-0.05, 0) is 61.5 Å². The highest BCUT2D eigenvalue weighted by molar-refractivity contribution is 7.92. The van der Waals surface area contributed by atoms with E-state index in [2.05, 4.69) is 10.0 Å². The van der Waals surface area contributed by atoms with Crippen LogP contribution in [0, 0.1) is 6.92 Å². The Labute approximate surface area is 178 Å². The SMILES string of the molecule is Cc1ccc(S(=O)(=O)Nc2ccc(C(=O)Nc3ccc(C(=O)O)cc3)c(Cl)c2)cc1. The van der Waals surface area contributed by atoms with E-state index in [1.807, 2.05) is 6.92 Å². The molecule has 9 heteroatoms. The van der Waals surface area contributed by atoms with Gasteiger partial charge < -0.3 is 10.4 Å². The highest BCUT2D eigenvalue weighted by atomic mass is 35.5. The van der Waals surface area contributed by atoms with Crippen LogP contribution in [0.3, 0.4) is 0 Å². The number of nitrogens with one attached hydrogen (secondary N) is 2. The Balaban J connectivity index is 1.75. The molecule has 0 bridgehead atoms. The Kier molecular flexibility index (Phi) is 6.09. The number of benzene rings is 3. The number of hydrogen-bond donors (Lipinski definition) is 3. The maximum Gasteiger partial charge on any atom is 0.335 e. The van der Waals surface area contributed by atoms with E-state index in [9.17, 15) is 18.0 Å². The predicted molar refractivity (Wildman–Crippen MR) is 115 cm³/mol. The van der Waals surface area contributed by atoms with Gasteiger partial charge in [0.05, 0.1) is 26.7 Å². The molecular formula is C21H17ClN2O5S. The number of aryl methyl sites for hydroxylation is 1. The van der Waals surface area contributed by atoms with Crippen LogP contribution in [0.4, 0.5) is 11.4 Å². The lowest BCUT2D eigenvalue weighted by atomic mass is 10.1. The molecule has 1 amide bonds. The average molecular weight is 445 g/mol. The lowest BCUT2D eigenvalue weighted by Crippen LogP contribution is -2.15. The van der Waals surface area contributed by atoms with Gasteiger partial charge in [-0.25, -0.2) is 13.2 Å². The number of carbonyl (C=O) groups excluding carboxylic acids is 1. The fourth-order valence-electron chi connectivity index (χ4n) is 2.59. The first-order chi connectivity index (χ1) is 14.2. The number of sulfonamides is 1. The number of carboxylic acid groups (broad SMARTS) is 1. The van der Waals surface area contributed by atoms with Crippen molar-refractivity contribution in [3.05, 3.63) is 88.4 Å². The molecule has 0 aliphatic heterocycles. The predicted octanol–water partition coefficient (Wildman–Crippen LogP) is 4.40. The summed E-state index contributed by atoms with van der Waals surface area (Å²) in [6.45, 7) is 1.86. The van der Waals surface area contributed by atoms with Crippen molar-refractivity contribution in [2.24, 2.45) is 0 Å². The monoisotopic (exact) mass is 444 g/mol. The van der Waals surface area contributed by atoms with Gasteiger partial charge in [0, 0.05) is 5.69 Å². The molecule has 3 rings (SSSR count). The molecule has 0 fully saturated rings. The van der Waals surface area contributed by atoms with Gasteiger partial charge in [-0.1, -0.05) is 29.3 Å². The topological polar surface area (TPSA) is 113 Å². The third-order valence-corrected chi connectivity index (χ3v) is 5.90. The van der Waals surface area contributed by atoms with Crippen LogP contribution >= 0.6 is 11.6 Å². The van der Waals surface area contributed by atoms with Crippen molar-refractivity contribution in [3.63, 3.8) is 0 Å². The minimum Gasteiger partial charge on any atom is -0.478 e. The van der Waals surface area contributed by atoms with Crippen LogP contribution in [0.25, 0.3) is 0 Å². The minimum absolute atomic E-state index is 0.0544. The van der Waals surface area contributed by atoms with Crippen LogP contribution in [0.1, 0.15) is 26.3 Å². The molecule has 0 unspecified atom stereocenters. The van der Waals surface area contributed by atoms with Crippen molar-refractivity contribution in [1.29, 1.82) is 0 Å². The number of amides is 1. The van der Waals surface area contributed by atoms with Gasteiger partial charge in [0.1, 0.15) is 0 Å². The van der Waals surface area contributed by atoms with Crippen molar-refractivity contribution in [2.45, 2.75) is 11.8 Å². The van der Waals surface area contributed by atoms with Gasteiger partial charge in [0.2, 0.25) is 0 Å². The van der Waals surface area contributed by atoms with Crippen LogP contribution in [0.5, 0.6) is 0 Å². The Morgan fingerprint density at radius 3 is 2.07 bits per heavy atom. The number of halogens is 1. The molecule has 0 aliphatic rings. The van der Waals surface area contributed by atoms with Gasteiger partial charge in [0.15, 0.2) is 0 Å². The summed E-state index contributed by atoms with van der Waals surface area (Å²) in [4.78, 5) is 23.4. The Morgan fingerprint density at radius 2 is 1.50 bits per heavy atom. The molecule has 7 nitrogen and oxygen atoms in total. The Morgan fingerprint density at radius 1 is 0.900 bits per heavy atom. The molecule has 3 N–H and O–H groups in total. The molecule has 3 aromatic carbocycles. The number of aromatic carboxylic acids is 1. The van der Waals surface area contributed by atoms with Crippen molar-refractivity contribution in [2.75, 3.05) is 10.0 Å². The summed E-state index contributed by atoms with van der Waals surface area (Å²) in [7, 11) is -3.80. The zero-order valence-corrected chi connectivity index (χ0v) is 17.3. The average Bonchev–Trinajstić information content (AvgIpc) is 2.68. The normalized spacial score (nSPS) is 11.0. The summed E-state index contributed by atoms with van der Waals surface area (Å²) >= 11 is 6.18. The number of rotatable bonds is 6. The molecule has 0 aliphatic carbocycles. The van der Waals surface area contributed by atoms with Gasteiger partial charge in [-0.15, -0.1) is 0 Å². The second kappa shape index (κ2) is 8.56. The molecule has 0 saturated heterocycles. The molecule has 3 aromatic rings. The van der Waals surface area contributed by atoms with Crippen LogP contribution in [-0.4, -0.2) is 25.4 Å². The second-order valence-electron chi connectivity index (χ2n) is 6.45. The van der Waals surface area contributed by atoms with Gasteiger partial charge in [0.25, 0.3) is 15.9 Å². The van der Waals surface area contributed by atoms with Crippen LogP contribution in [0.2, 0.25) is 5.02 Å². The van der Waals surface area contributed by atoms with E-state index in [0.717, 1.165) is 5.56 Å². The molecule has 0 heterocycles. The molecule has 30 heavy (non-hydrogen) atoms. The molecule has 0 saturated carbocycles. The summed E-state index contributed by atoms with van der Waals surface area (Å²) in [6, 6.07) is 16.2. The van der Waals surface area contributed by atoms with E-state index in [0.29, 0.717) is 5.69 Å². The lowest BCUT2D eigenvalue weighted by molar-refractivity contribution is 0.0696. The van der Waals surface area contributed by atoms with Crippen molar-refractivity contribution in [3.8, 4) is 0 Å². The first-order valence-electron chi connectivity index (χ1n) is 8.69. The summed E-state index contributed by atoms with van der Waals surface area (Å²) in [5.41, 5.74) is 1.77. The standard InChI is InChI=1S/C21H17ClN2O5S/c1-13-2-9-17(10-3-13)30(28,29)24-16-8-11-18(19(22)12-16)20(25)23-15-6-4-14(5-7-15)21(26)27/h2-12,24H,1H3,(H,23,25)(H,26,27). The Bertz CT molecular complexity index is 1210. The summed E-state index contributed by atoms with van der Waals surface area (Å²) in [5, 5.41) is 11.6. The van der Waals surface area contributed by atoms with E-state index in [4.69, 9.17) is 16.7 Å². The van der Waals surface area contributed by atoms with E-state index in [1.165, 1.54) is 54.6 Å². The first kappa shape index (κ1) is 21.4. The van der Waals surface area contributed by atoms with Gasteiger partial charge in [-0.2, -0.15) is 0 Å². The van der Waals surface area contributed by atoms with Crippen LogP contribution in [-0.2, 0) is 10.0 Å². The van der Waals surface area contributed by atoms with E-state index in [-0.39, 0.29) is 26.7 Å². The first-order valence-corrected chi connectivity index (χ1v) is 10.6. The van der Waals surface area contributed by atoms with Crippen molar-refractivity contribution in [1.82, 2.24) is 0 Å².